The van der Waals surface area contributed by atoms with Gasteiger partial charge in [-0.25, -0.2) is 0 Å². The predicted octanol–water partition coefficient (Wildman–Crippen LogP) is 3.21. The van der Waals surface area contributed by atoms with E-state index in [2.05, 4.69) is 14.4 Å². The van der Waals surface area contributed by atoms with Gasteiger partial charge in [-0.15, -0.1) is 0 Å². The topological polar surface area (TPSA) is 79.5 Å². The molecular formula is C16H18N4O2. The van der Waals surface area contributed by atoms with Crippen LogP contribution in [-0.4, -0.2) is 23.0 Å². The molecule has 0 spiro atoms. The van der Waals surface area contributed by atoms with Crippen LogP contribution in [-0.2, 0) is 28.8 Å². The third-order valence-electron chi connectivity index (χ3n) is 4.17. The van der Waals surface area contributed by atoms with Crippen LogP contribution in [0.25, 0.3) is 16.0 Å². The van der Waals surface area contributed by atoms with Gasteiger partial charge in [-0.05, 0) is 55.0 Å². The van der Waals surface area contributed by atoms with Crippen LogP contribution in [0.2, 0.25) is 0 Å². The van der Waals surface area contributed by atoms with E-state index in [-0.39, 0.29) is 18.4 Å². The van der Waals surface area contributed by atoms with Crippen LogP contribution in [0.4, 0.5) is 0 Å². The fourth-order valence-electron chi connectivity index (χ4n) is 3.28. The van der Waals surface area contributed by atoms with Crippen LogP contribution in [0.1, 0.15) is 30.2 Å². The summed E-state index contributed by atoms with van der Waals surface area (Å²) in [5, 5.41) is 3.87. The largest absolute Gasteiger partial charge is 0.466 e. The Hall–Kier alpha value is -2.46. The molecule has 0 bridgehead atoms. The summed E-state index contributed by atoms with van der Waals surface area (Å²) in [6.07, 6.45) is 4.64. The van der Waals surface area contributed by atoms with E-state index in [1.54, 1.807) is 0 Å². The lowest BCUT2D eigenvalue weighted by Crippen LogP contribution is -2.17. The minimum absolute atomic E-state index is 0.000602. The number of rotatable bonds is 4. The Labute approximate surface area is 128 Å². The zero-order valence-electron chi connectivity index (χ0n) is 12.5. The van der Waals surface area contributed by atoms with Crippen LogP contribution in [0, 0.1) is 0 Å². The fourth-order valence-corrected chi connectivity index (χ4v) is 3.28. The Kier molecular flexibility index (Phi) is 4.02. The van der Waals surface area contributed by atoms with Crippen molar-refractivity contribution in [1.29, 1.82) is 0 Å². The number of hydrogen-bond donors (Lipinski definition) is 0. The van der Waals surface area contributed by atoms with Crippen molar-refractivity contribution < 1.29 is 9.53 Å². The first-order chi connectivity index (χ1) is 10.7. The highest BCUT2D eigenvalue weighted by Gasteiger charge is 2.26. The summed E-state index contributed by atoms with van der Waals surface area (Å²) in [6.45, 7) is 2.21. The molecule has 0 aromatic carbocycles. The van der Waals surface area contributed by atoms with Crippen LogP contribution in [0.5, 0.6) is 0 Å². The monoisotopic (exact) mass is 298 g/mol. The second-order valence-corrected chi connectivity index (χ2v) is 5.44. The lowest BCUT2D eigenvalue weighted by Gasteiger charge is -2.18. The smallest absolute Gasteiger partial charge is 0.311 e. The number of nitrogens with zero attached hydrogens (tertiary/aromatic N) is 4. The average molecular weight is 298 g/mol. The number of carbonyl (C=O) groups excluding carboxylic acids is 1. The molecule has 0 fully saturated rings. The summed E-state index contributed by atoms with van der Waals surface area (Å²) in [6, 6.07) is 5.99. The summed E-state index contributed by atoms with van der Waals surface area (Å²) in [4.78, 5) is 14.8. The second-order valence-electron chi connectivity index (χ2n) is 5.44. The molecule has 6 nitrogen and oxygen atoms in total. The summed E-state index contributed by atoms with van der Waals surface area (Å²) in [7, 11) is 0. The molecule has 0 radical (unpaired) electrons. The first kappa shape index (κ1) is 14.5. The number of hydrogen-bond acceptors (Lipinski definition) is 3. The van der Waals surface area contributed by atoms with Gasteiger partial charge >= 0.3 is 5.97 Å². The van der Waals surface area contributed by atoms with Gasteiger partial charge in [-0.1, -0.05) is 11.2 Å². The van der Waals surface area contributed by atoms with E-state index in [0.29, 0.717) is 6.61 Å². The molecule has 1 aliphatic rings. The SMILES string of the molecule is CCOC(=O)Cc1c2c(c3ccccn13)CC(N=[N+]=[N-])CC2. The van der Waals surface area contributed by atoms with Crippen LogP contribution < -0.4 is 0 Å². The summed E-state index contributed by atoms with van der Waals surface area (Å²) >= 11 is 0. The lowest BCUT2D eigenvalue weighted by molar-refractivity contribution is -0.142. The first-order valence-corrected chi connectivity index (χ1v) is 7.54. The molecule has 1 aliphatic carbocycles. The molecule has 1 atom stereocenters. The predicted molar refractivity (Wildman–Crippen MR) is 82.7 cm³/mol. The van der Waals surface area contributed by atoms with Crippen molar-refractivity contribution in [3.05, 3.63) is 51.7 Å². The maximum Gasteiger partial charge on any atom is 0.311 e. The normalized spacial score (nSPS) is 16.9. The van der Waals surface area contributed by atoms with Gasteiger partial charge in [-0.3, -0.25) is 4.79 Å². The molecule has 3 rings (SSSR count). The molecule has 2 heterocycles. The minimum atomic E-state index is -0.203. The standard InChI is InChI=1S/C16H18N4O2/c1-2-22-16(21)10-15-12-7-6-11(18-19-17)9-13(12)14-5-3-4-8-20(14)15/h3-5,8,11H,2,6-7,9-10H2,1H3. The highest BCUT2D eigenvalue weighted by Crippen LogP contribution is 2.32. The van der Waals surface area contributed by atoms with Gasteiger partial charge in [0.2, 0.25) is 0 Å². The number of carbonyl (C=O) groups is 1. The summed E-state index contributed by atoms with van der Waals surface area (Å²) in [5.74, 6) is -0.203. The molecule has 0 N–H and O–H groups in total. The van der Waals surface area contributed by atoms with Gasteiger partial charge in [0.15, 0.2) is 0 Å². The highest BCUT2D eigenvalue weighted by atomic mass is 16.5. The number of ether oxygens (including phenoxy) is 1. The van der Waals surface area contributed by atoms with E-state index < -0.39 is 0 Å². The second kappa shape index (κ2) is 6.12. The number of aromatic nitrogens is 1. The molecule has 6 heteroatoms. The van der Waals surface area contributed by atoms with Crippen molar-refractivity contribution in [1.82, 2.24) is 4.40 Å². The van der Waals surface area contributed by atoms with Crippen molar-refractivity contribution in [3.8, 4) is 0 Å². The zero-order valence-corrected chi connectivity index (χ0v) is 12.5. The van der Waals surface area contributed by atoms with Gasteiger partial charge in [-0.2, -0.15) is 0 Å². The van der Waals surface area contributed by atoms with Gasteiger partial charge in [0.25, 0.3) is 0 Å². The molecule has 0 saturated carbocycles. The van der Waals surface area contributed by atoms with Crippen molar-refractivity contribution in [2.75, 3.05) is 6.61 Å². The van der Waals surface area contributed by atoms with E-state index in [1.165, 1.54) is 11.1 Å². The maximum absolute atomic E-state index is 11.9. The first-order valence-electron chi connectivity index (χ1n) is 7.54. The molecule has 22 heavy (non-hydrogen) atoms. The van der Waals surface area contributed by atoms with Gasteiger partial charge in [0, 0.05) is 28.4 Å². The van der Waals surface area contributed by atoms with Crippen LogP contribution >= 0.6 is 0 Å². The van der Waals surface area contributed by atoms with Crippen molar-refractivity contribution in [2.45, 2.75) is 38.6 Å². The molecule has 1 unspecified atom stereocenters. The molecular weight excluding hydrogens is 280 g/mol. The van der Waals surface area contributed by atoms with E-state index >= 15 is 0 Å². The third kappa shape index (κ3) is 2.53. The van der Waals surface area contributed by atoms with Gasteiger partial charge < -0.3 is 9.14 Å². The third-order valence-corrected chi connectivity index (χ3v) is 4.17. The number of pyridine rings is 1. The maximum atomic E-state index is 11.9. The molecule has 0 saturated heterocycles. The molecule has 114 valence electrons. The molecule has 0 amide bonds. The van der Waals surface area contributed by atoms with E-state index in [9.17, 15) is 4.79 Å². The number of fused-ring (bicyclic) bond motifs is 3. The van der Waals surface area contributed by atoms with Crippen LogP contribution in [0.15, 0.2) is 29.5 Å². The molecule has 2 aromatic heterocycles. The Bertz CT molecular complexity index is 759. The summed E-state index contributed by atoms with van der Waals surface area (Å²) < 4.78 is 7.17. The Balaban J connectivity index is 2.06. The van der Waals surface area contributed by atoms with Crippen molar-refractivity contribution in [2.24, 2.45) is 5.11 Å². The Morgan fingerprint density at radius 1 is 1.50 bits per heavy atom. The minimum Gasteiger partial charge on any atom is -0.466 e. The quantitative estimate of drug-likeness (QED) is 0.376. The van der Waals surface area contributed by atoms with E-state index in [1.807, 2.05) is 31.3 Å². The fraction of sp³-hybridized carbons (Fsp3) is 0.438. The molecule has 2 aromatic rings. The highest BCUT2D eigenvalue weighted by molar-refractivity contribution is 5.75. The molecule has 0 aliphatic heterocycles. The van der Waals surface area contributed by atoms with Gasteiger partial charge in [0.1, 0.15) is 0 Å². The van der Waals surface area contributed by atoms with Crippen LogP contribution in [0.3, 0.4) is 0 Å². The Morgan fingerprint density at radius 3 is 3.14 bits per heavy atom. The number of esters is 1. The lowest BCUT2D eigenvalue weighted by atomic mass is 9.89. The number of azide groups is 1. The van der Waals surface area contributed by atoms with E-state index in [4.69, 9.17) is 10.3 Å². The Morgan fingerprint density at radius 2 is 2.36 bits per heavy atom. The van der Waals surface area contributed by atoms with Crippen molar-refractivity contribution in [3.63, 3.8) is 0 Å². The van der Waals surface area contributed by atoms with E-state index in [0.717, 1.165) is 30.5 Å². The average Bonchev–Trinajstić information content (AvgIpc) is 2.82. The summed E-state index contributed by atoms with van der Waals surface area (Å²) in [5.41, 5.74) is 13.2. The van der Waals surface area contributed by atoms with Crippen molar-refractivity contribution >= 4 is 11.5 Å². The zero-order chi connectivity index (χ0) is 15.5. The van der Waals surface area contributed by atoms with Gasteiger partial charge in [0.05, 0.1) is 13.0 Å².